The largest absolute Gasteiger partial charge is 0.337 e. The zero-order chi connectivity index (χ0) is 10.7. The molecule has 0 unspecified atom stereocenters. The summed E-state index contributed by atoms with van der Waals surface area (Å²) >= 11 is 5.19. The number of carbonyl (C=O) groups is 1. The van der Waals surface area contributed by atoms with Crippen molar-refractivity contribution in [3.05, 3.63) is 28.5 Å². The number of rotatable bonds is 1. The molecule has 2 rings (SSSR count). The van der Waals surface area contributed by atoms with Crippen molar-refractivity contribution < 1.29 is 4.79 Å². The van der Waals surface area contributed by atoms with E-state index >= 15 is 0 Å². The van der Waals surface area contributed by atoms with Gasteiger partial charge in [-0.15, -0.1) is 0 Å². The van der Waals surface area contributed by atoms with Crippen molar-refractivity contribution in [3.8, 4) is 0 Å². The molecule has 1 aromatic heterocycles. The first-order chi connectivity index (χ1) is 7.29. The van der Waals surface area contributed by atoms with Gasteiger partial charge in [0.15, 0.2) is 0 Å². The van der Waals surface area contributed by atoms with E-state index in [4.69, 9.17) is 0 Å². The van der Waals surface area contributed by atoms with Crippen molar-refractivity contribution in [2.45, 2.75) is 0 Å². The minimum absolute atomic E-state index is 0.0790. The third-order valence-corrected chi connectivity index (χ3v) is 3.86. The van der Waals surface area contributed by atoms with Gasteiger partial charge >= 0.3 is 0 Å². The van der Waals surface area contributed by atoms with Crippen LogP contribution in [0.3, 0.4) is 0 Å². The summed E-state index contributed by atoms with van der Waals surface area (Å²) in [6.45, 7) is 1.68. The molecular formula is C10H11BrN2OS. The number of nitrogens with zero attached hydrogens (tertiary/aromatic N) is 2. The zero-order valence-electron chi connectivity index (χ0n) is 8.15. The SMILES string of the molecule is O=C(c1cccnc1Br)N1CCSCC1. The Kier molecular flexibility index (Phi) is 3.64. The number of amides is 1. The molecule has 1 saturated heterocycles. The lowest BCUT2D eigenvalue weighted by atomic mass is 10.2. The molecule has 1 aliphatic heterocycles. The standard InChI is InChI=1S/C10H11BrN2OS/c11-9-8(2-1-3-12-9)10(14)13-4-6-15-7-5-13/h1-3H,4-7H2. The van der Waals surface area contributed by atoms with E-state index in [1.54, 1.807) is 18.3 Å². The smallest absolute Gasteiger partial charge is 0.256 e. The molecule has 1 aliphatic rings. The first kappa shape index (κ1) is 11.0. The number of hydrogen-bond acceptors (Lipinski definition) is 3. The summed E-state index contributed by atoms with van der Waals surface area (Å²) in [6, 6.07) is 3.60. The molecule has 1 amide bonds. The molecule has 0 N–H and O–H groups in total. The molecule has 1 fully saturated rings. The first-order valence-corrected chi connectivity index (χ1v) is 6.71. The molecule has 1 aromatic rings. The quantitative estimate of drug-likeness (QED) is 0.741. The summed E-state index contributed by atoms with van der Waals surface area (Å²) in [6.07, 6.45) is 1.67. The summed E-state index contributed by atoms with van der Waals surface area (Å²) in [7, 11) is 0. The monoisotopic (exact) mass is 286 g/mol. The van der Waals surface area contributed by atoms with Crippen LogP contribution < -0.4 is 0 Å². The van der Waals surface area contributed by atoms with Crippen molar-refractivity contribution in [1.82, 2.24) is 9.88 Å². The number of pyridine rings is 1. The Balaban J connectivity index is 2.16. The van der Waals surface area contributed by atoms with E-state index in [1.165, 1.54) is 0 Å². The van der Waals surface area contributed by atoms with Gasteiger partial charge in [-0.1, -0.05) is 0 Å². The molecule has 0 spiro atoms. The maximum absolute atomic E-state index is 12.1. The summed E-state index contributed by atoms with van der Waals surface area (Å²) in [5.74, 6) is 2.14. The average molecular weight is 287 g/mol. The van der Waals surface area contributed by atoms with Crippen LogP contribution >= 0.6 is 27.7 Å². The molecule has 0 atom stereocenters. The Morgan fingerprint density at radius 1 is 1.47 bits per heavy atom. The van der Waals surface area contributed by atoms with Gasteiger partial charge in [0.05, 0.1) is 5.56 Å². The van der Waals surface area contributed by atoms with Crippen molar-refractivity contribution in [1.29, 1.82) is 0 Å². The van der Waals surface area contributed by atoms with Crippen LogP contribution in [0, 0.1) is 0 Å². The Labute approximate surface area is 101 Å². The van der Waals surface area contributed by atoms with Gasteiger partial charge in [-0.3, -0.25) is 4.79 Å². The molecule has 15 heavy (non-hydrogen) atoms. The normalized spacial score (nSPS) is 16.5. The molecule has 0 radical (unpaired) electrons. The highest BCUT2D eigenvalue weighted by Crippen LogP contribution is 2.17. The van der Waals surface area contributed by atoms with Gasteiger partial charge in [0.1, 0.15) is 4.60 Å². The highest BCUT2D eigenvalue weighted by Gasteiger charge is 2.20. The van der Waals surface area contributed by atoms with Gasteiger partial charge in [-0.2, -0.15) is 11.8 Å². The zero-order valence-corrected chi connectivity index (χ0v) is 10.6. The fourth-order valence-corrected chi connectivity index (χ4v) is 2.81. The second kappa shape index (κ2) is 4.99. The molecular weight excluding hydrogens is 276 g/mol. The highest BCUT2D eigenvalue weighted by molar-refractivity contribution is 9.10. The van der Waals surface area contributed by atoms with Gasteiger partial charge in [0.2, 0.25) is 0 Å². The molecule has 0 aromatic carbocycles. The third kappa shape index (κ3) is 2.52. The number of carbonyl (C=O) groups excluding carboxylic acids is 1. The molecule has 3 nitrogen and oxygen atoms in total. The fraction of sp³-hybridized carbons (Fsp3) is 0.400. The van der Waals surface area contributed by atoms with E-state index in [0.29, 0.717) is 10.2 Å². The Hall–Kier alpha value is -0.550. The van der Waals surface area contributed by atoms with E-state index in [1.807, 2.05) is 16.7 Å². The van der Waals surface area contributed by atoms with Crippen LogP contribution in [-0.4, -0.2) is 40.4 Å². The second-order valence-electron chi connectivity index (χ2n) is 3.25. The Bertz CT molecular complexity index is 366. The molecule has 2 heterocycles. The summed E-state index contributed by atoms with van der Waals surface area (Å²) < 4.78 is 0.633. The van der Waals surface area contributed by atoms with Crippen molar-refractivity contribution >= 4 is 33.6 Å². The molecule has 80 valence electrons. The first-order valence-electron chi connectivity index (χ1n) is 4.76. The maximum Gasteiger partial charge on any atom is 0.256 e. The molecule has 5 heteroatoms. The van der Waals surface area contributed by atoms with E-state index in [2.05, 4.69) is 20.9 Å². The third-order valence-electron chi connectivity index (χ3n) is 2.29. The van der Waals surface area contributed by atoms with Crippen LogP contribution in [0.2, 0.25) is 0 Å². The molecule has 0 aliphatic carbocycles. The van der Waals surface area contributed by atoms with E-state index < -0.39 is 0 Å². The molecule has 0 saturated carbocycles. The van der Waals surface area contributed by atoms with Crippen molar-refractivity contribution in [2.75, 3.05) is 24.6 Å². The van der Waals surface area contributed by atoms with Crippen molar-refractivity contribution in [3.63, 3.8) is 0 Å². The lowest BCUT2D eigenvalue weighted by Gasteiger charge is -2.26. The van der Waals surface area contributed by atoms with Crippen LogP contribution in [-0.2, 0) is 0 Å². The number of hydrogen-bond donors (Lipinski definition) is 0. The van der Waals surface area contributed by atoms with E-state index in [9.17, 15) is 4.79 Å². The minimum atomic E-state index is 0.0790. The van der Waals surface area contributed by atoms with Crippen molar-refractivity contribution in [2.24, 2.45) is 0 Å². The summed E-state index contributed by atoms with van der Waals surface area (Å²) in [5, 5.41) is 0. The predicted molar refractivity (Wildman–Crippen MR) is 65.2 cm³/mol. The average Bonchev–Trinajstić information content (AvgIpc) is 2.30. The van der Waals surface area contributed by atoms with Gasteiger partial charge in [0.25, 0.3) is 5.91 Å². The number of aromatic nitrogens is 1. The highest BCUT2D eigenvalue weighted by atomic mass is 79.9. The number of thioether (sulfide) groups is 1. The van der Waals surface area contributed by atoms with Crippen LogP contribution in [0.4, 0.5) is 0 Å². The minimum Gasteiger partial charge on any atom is -0.337 e. The van der Waals surface area contributed by atoms with Gasteiger partial charge in [-0.25, -0.2) is 4.98 Å². The Morgan fingerprint density at radius 3 is 2.87 bits per heavy atom. The second-order valence-corrected chi connectivity index (χ2v) is 5.22. The van der Waals surface area contributed by atoms with Crippen LogP contribution in [0.15, 0.2) is 22.9 Å². The van der Waals surface area contributed by atoms with E-state index in [-0.39, 0.29) is 5.91 Å². The van der Waals surface area contributed by atoms with Crippen LogP contribution in [0.1, 0.15) is 10.4 Å². The Morgan fingerprint density at radius 2 is 2.20 bits per heavy atom. The maximum atomic E-state index is 12.1. The number of halogens is 1. The summed E-state index contributed by atoms with van der Waals surface area (Å²) in [4.78, 5) is 18.0. The lowest BCUT2D eigenvalue weighted by Crippen LogP contribution is -2.38. The molecule has 0 bridgehead atoms. The van der Waals surface area contributed by atoms with Crippen LogP contribution in [0.25, 0.3) is 0 Å². The van der Waals surface area contributed by atoms with Crippen LogP contribution in [0.5, 0.6) is 0 Å². The summed E-state index contributed by atoms with van der Waals surface area (Å²) in [5.41, 5.74) is 0.657. The fourth-order valence-electron chi connectivity index (χ4n) is 1.48. The van der Waals surface area contributed by atoms with Gasteiger partial charge in [-0.05, 0) is 28.1 Å². The van der Waals surface area contributed by atoms with E-state index in [0.717, 1.165) is 24.6 Å². The predicted octanol–water partition coefficient (Wildman–Crippen LogP) is 2.03. The van der Waals surface area contributed by atoms with Gasteiger partial charge in [0, 0.05) is 30.8 Å². The lowest BCUT2D eigenvalue weighted by molar-refractivity contribution is 0.0771. The van der Waals surface area contributed by atoms with Gasteiger partial charge < -0.3 is 4.90 Å². The topological polar surface area (TPSA) is 33.2 Å².